The highest BCUT2D eigenvalue weighted by molar-refractivity contribution is 6.15. The number of rotatable bonds is 9. The predicted molar refractivity (Wildman–Crippen MR) is 159 cm³/mol. The number of alkyl halides is 2. The van der Waals surface area contributed by atoms with E-state index in [0.29, 0.717) is 43.6 Å². The highest BCUT2D eigenvalue weighted by Crippen LogP contribution is 2.45. The lowest BCUT2D eigenvalue weighted by Gasteiger charge is -2.38. The normalized spacial score (nSPS) is 22.1. The van der Waals surface area contributed by atoms with E-state index in [2.05, 4.69) is 23.9 Å². The van der Waals surface area contributed by atoms with Crippen LogP contribution in [0, 0.1) is 0 Å². The predicted octanol–water partition coefficient (Wildman–Crippen LogP) is 4.03. The van der Waals surface area contributed by atoms with Gasteiger partial charge in [-0.05, 0) is 63.2 Å². The van der Waals surface area contributed by atoms with Crippen LogP contribution in [0.15, 0.2) is 41.4 Å². The summed E-state index contributed by atoms with van der Waals surface area (Å²) in [5.74, 6) is -0.354. The second-order valence-corrected chi connectivity index (χ2v) is 11.7. The maximum absolute atomic E-state index is 13.3. The van der Waals surface area contributed by atoms with E-state index in [1.54, 1.807) is 12.1 Å². The fourth-order valence-corrected chi connectivity index (χ4v) is 6.32. The fourth-order valence-electron chi connectivity index (χ4n) is 6.32. The number of hydrogen-bond acceptors (Lipinski definition) is 8. The van der Waals surface area contributed by atoms with Crippen LogP contribution in [0.1, 0.15) is 59.2 Å². The van der Waals surface area contributed by atoms with Crippen molar-refractivity contribution in [3.05, 3.63) is 58.7 Å². The lowest BCUT2D eigenvalue weighted by atomic mass is 9.74. The molecular formula is C32H40F2N4O5. The van der Waals surface area contributed by atoms with Gasteiger partial charge in [0.05, 0.1) is 18.9 Å². The Bertz CT molecular complexity index is 1340. The number of nitrogens with zero attached hydrogens (tertiary/aromatic N) is 4. The zero-order chi connectivity index (χ0) is 30.7. The Hall–Kier alpha value is -3.57. The van der Waals surface area contributed by atoms with Gasteiger partial charge in [0.2, 0.25) is 0 Å². The van der Waals surface area contributed by atoms with E-state index in [1.807, 2.05) is 29.2 Å². The second-order valence-electron chi connectivity index (χ2n) is 11.7. The highest BCUT2D eigenvalue weighted by Gasteiger charge is 2.39. The number of hydrogen-bond donors (Lipinski definition) is 0. The molecular weight excluding hydrogens is 558 g/mol. The van der Waals surface area contributed by atoms with Gasteiger partial charge in [0.15, 0.2) is 11.5 Å². The van der Waals surface area contributed by atoms with Gasteiger partial charge < -0.3 is 24.0 Å². The number of methoxy groups -OCH3 is 1. The van der Waals surface area contributed by atoms with E-state index in [4.69, 9.17) is 19.2 Å². The Balaban J connectivity index is 1.39. The van der Waals surface area contributed by atoms with Crippen molar-refractivity contribution in [2.45, 2.75) is 50.9 Å². The molecule has 2 heterocycles. The summed E-state index contributed by atoms with van der Waals surface area (Å²) >= 11 is 0. The number of piperazine rings is 1. The molecule has 3 atom stereocenters. The summed E-state index contributed by atoms with van der Waals surface area (Å²) in [4.78, 5) is 36.5. The zero-order valence-electron chi connectivity index (χ0n) is 25.2. The standard InChI is InChI=1S/C32H40F2N4O5/c1-20(39)42-23-9-10-27-25(17-23)24-18-29(43-32(33)34)28(41-4)19-26(24)30(35-27)21-5-7-22(8-6-21)31(40)38-15-13-37(14-16-38)12-11-36(2)3/h5-8,18-19,23,25,27,32H,9-17H2,1-4H3/t23-,25-,27-/m1/s1. The molecule has 1 aliphatic carbocycles. The molecule has 2 aromatic carbocycles. The molecule has 0 spiro atoms. The quantitative estimate of drug-likeness (QED) is 0.403. The van der Waals surface area contributed by atoms with Gasteiger partial charge in [-0.2, -0.15) is 8.78 Å². The maximum Gasteiger partial charge on any atom is 0.387 e. The molecule has 1 amide bonds. The first-order valence-electron chi connectivity index (χ1n) is 14.8. The average Bonchev–Trinajstić information content (AvgIpc) is 2.99. The number of amides is 1. The monoisotopic (exact) mass is 598 g/mol. The molecule has 1 saturated heterocycles. The summed E-state index contributed by atoms with van der Waals surface area (Å²) in [5, 5.41) is 0. The van der Waals surface area contributed by atoms with Gasteiger partial charge >= 0.3 is 12.6 Å². The van der Waals surface area contributed by atoms with Crippen LogP contribution in [0.5, 0.6) is 11.5 Å². The molecule has 2 fully saturated rings. The first-order chi connectivity index (χ1) is 20.6. The molecule has 3 aliphatic rings. The average molecular weight is 599 g/mol. The van der Waals surface area contributed by atoms with Gasteiger partial charge in [-0.25, -0.2) is 0 Å². The van der Waals surface area contributed by atoms with Crippen LogP contribution in [-0.4, -0.2) is 112 Å². The van der Waals surface area contributed by atoms with Crippen LogP contribution in [-0.2, 0) is 9.53 Å². The largest absolute Gasteiger partial charge is 0.493 e. The van der Waals surface area contributed by atoms with E-state index in [1.165, 1.54) is 14.0 Å². The van der Waals surface area contributed by atoms with E-state index in [0.717, 1.165) is 42.9 Å². The molecule has 0 N–H and O–H groups in total. The Labute approximate surface area is 251 Å². The molecule has 0 unspecified atom stereocenters. The highest BCUT2D eigenvalue weighted by atomic mass is 19.3. The van der Waals surface area contributed by atoms with Gasteiger partial charge in [0, 0.05) is 68.8 Å². The van der Waals surface area contributed by atoms with Gasteiger partial charge in [-0.15, -0.1) is 0 Å². The van der Waals surface area contributed by atoms with Crippen molar-refractivity contribution in [2.24, 2.45) is 4.99 Å². The molecule has 232 valence electrons. The lowest BCUT2D eigenvalue weighted by Crippen LogP contribution is -2.49. The number of esters is 1. The summed E-state index contributed by atoms with van der Waals surface area (Å²) in [6, 6.07) is 10.6. The Morgan fingerprint density at radius 3 is 2.40 bits per heavy atom. The van der Waals surface area contributed by atoms with Crippen molar-refractivity contribution in [1.82, 2.24) is 14.7 Å². The van der Waals surface area contributed by atoms with Crippen LogP contribution in [0.3, 0.4) is 0 Å². The molecule has 9 nitrogen and oxygen atoms in total. The van der Waals surface area contributed by atoms with Crippen LogP contribution in [0.4, 0.5) is 8.78 Å². The van der Waals surface area contributed by atoms with E-state index in [9.17, 15) is 18.4 Å². The molecule has 0 aromatic heterocycles. The van der Waals surface area contributed by atoms with E-state index >= 15 is 0 Å². The van der Waals surface area contributed by atoms with Crippen molar-refractivity contribution in [3.63, 3.8) is 0 Å². The minimum absolute atomic E-state index is 0.00380. The Morgan fingerprint density at radius 2 is 1.77 bits per heavy atom. The molecule has 2 aliphatic heterocycles. The molecule has 11 heteroatoms. The lowest BCUT2D eigenvalue weighted by molar-refractivity contribution is -0.148. The Morgan fingerprint density at radius 1 is 1.05 bits per heavy atom. The van der Waals surface area contributed by atoms with Crippen molar-refractivity contribution >= 4 is 17.6 Å². The van der Waals surface area contributed by atoms with Gasteiger partial charge in [0.1, 0.15) is 6.10 Å². The number of carbonyl (C=O) groups is 2. The first kappa shape index (κ1) is 30.9. The molecule has 43 heavy (non-hydrogen) atoms. The summed E-state index contributed by atoms with van der Waals surface area (Å²) < 4.78 is 42.3. The zero-order valence-corrected chi connectivity index (χ0v) is 25.2. The third-order valence-corrected chi connectivity index (χ3v) is 8.53. The molecule has 5 rings (SSSR count). The maximum atomic E-state index is 13.3. The minimum Gasteiger partial charge on any atom is -0.493 e. The van der Waals surface area contributed by atoms with Crippen LogP contribution >= 0.6 is 0 Å². The van der Waals surface area contributed by atoms with Crippen LogP contribution in [0.25, 0.3) is 0 Å². The number of benzene rings is 2. The number of carbonyl (C=O) groups excluding carboxylic acids is 2. The van der Waals surface area contributed by atoms with Crippen molar-refractivity contribution in [3.8, 4) is 11.5 Å². The number of aliphatic imine (C=N–C) groups is 1. The summed E-state index contributed by atoms with van der Waals surface area (Å²) in [5.41, 5.74) is 3.68. The number of likely N-dealkylation sites (N-methyl/N-ethyl adjacent to an activating group) is 1. The Kier molecular flexibility index (Phi) is 9.61. The third kappa shape index (κ3) is 7.15. The van der Waals surface area contributed by atoms with Crippen LogP contribution < -0.4 is 9.47 Å². The van der Waals surface area contributed by atoms with Gasteiger partial charge in [-0.1, -0.05) is 12.1 Å². The molecule has 1 saturated carbocycles. The SMILES string of the molecule is COc1cc2c(cc1OC(F)F)[C@H]1C[C@H](OC(C)=O)CC[C@H]1N=C2c1ccc(C(=O)N2CCN(CCN(C)C)CC2)cc1. The summed E-state index contributed by atoms with van der Waals surface area (Å²) in [7, 11) is 5.53. The number of fused-ring (bicyclic) bond motifs is 3. The van der Waals surface area contributed by atoms with Gasteiger partial charge in [-0.3, -0.25) is 19.5 Å². The molecule has 0 radical (unpaired) electrons. The van der Waals surface area contributed by atoms with Crippen LogP contribution in [0.2, 0.25) is 0 Å². The summed E-state index contributed by atoms with van der Waals surface area (Å²) in [6.45, 7) is 3.44. The minimum atomic E-state index is -3.01. The van der Waals surface area contributed by atoms with Crippen molar-refractivity contribution in [1.29, 1.82) is 0 Å². The smallest absolute Gasteiger partial charge is 0.387 e. The fraction of sp³-hybridized carbons (Fsp3) is 0.531. The molecule has 0 bridgehead atoms. The first-order valence-corrected chi connectivity index (χ1v) is 14.8. The number of halogens is 2. The number of ether oxygens (including phenoxy) is 3. The topological polar surface area (TPSA) is 83.9 Å². The van der Waals surface area contributed by atoms with E-state index in [-0.39, 0.29) is 41.4 Å². The van der Waals surface area contributed by atoms with Crippen molar-refractivity contribution in [2.75, 3.05) is 60.5 Å². The van der Waals surface area contributed by atoms with Crippen molar-refractivity contribution < 1.29 is 32.6 Å². The summed E-state index contributed by atoms with van der Waals surface area (Å²) in [6.07, 6.45) is 1.61. The molecule has 2 aromatic rings. The second kappa shape index (κ2) is 13.4. The third-order valence-electron chi connectivity index (χ3n) is 8.53. The van der Waals surface area contributed by atoms with E-state index < -0.39 is 6.61 Å². The van der Waals surface area contributed by atoms with Gasteiger partial charge in [0.25, 0.3) is 5.91 Å².